The van der Waals surface area contributed by atoms with E-state index in [-0.39, 0.29) is 12.2 Å². The number of thiophene rings is 1. The van der Waals surface area contributed by atoms with E-state index < -0.39 is 11.9 Å². The number of rotatable bonds is 3. The van der Waals surface area contributed by atoms with E-state index in [1.807, 2.05) is 12.1 Å². The molecule has 0 saturated heterocycles. The summed E-state index contributed by atoms with van der Waals surface area (Å²) in [5, 5.41) is 9.17. The van der Waals surface area contributed by atoms with Crippen molar-refractivity contribution in [2.45, 2.75) is 6.54 Å². The first-order valence-corrected chi connectivity index (χ1v) is 6.68. The normalized spacial score (nSPS) is 10.3. The molecule has 18 heavy (non-hydrogen) atoms. The average Bonchev–Trinajstić information content (AvgIpc) is 2.73. The number of hydrogen-bond donors (Lipinski definition) is 1. The lowest BCUT2D eigenvalue weighted by atomic mass is 10.2. The van der Waals surface area contributed by atoms with Gasteiger partial charge < -0.3 is 5.11 Å². The van der Waals surface area contributed by atoms with E-state index in [0.29, 0.717) is 0 Å². The molecule has 0 aliphatic heterocycles. The van der Waals surface area contributed by atoms with Crippen LogP contribution in [0.5, 0.6) is 0 Å². The van der Waals surface area contributed by atoms with Crippen LogP contribution in [0.2, 0.25) is 0 Å². The third-order valence-electron chi connectivity index (χ3n) is 2.32. The number of nitrogens with zero attached hydrogens (tertiary/aromatic N) is 1. The monoisotopic (exact) mass is 329 g/mol. The number of benzene rings is 1. The summed E-state index contributed by atoms with van der Waals surface area (Å²) in [5.41, 5.74) is 0.0644. The summed E-state index contributed by atoms with van der Waals surface area (Å²) in [5.74, 6) is -0.546. The fourth-order valence-corrected chi connectivity index (χ4v) is 2.99. The lowest BCUT2D eigenvalue weighted by Crippen LogP contribution is -2.29. The molecular formula is C12H9BrFNO2S. The van der Waals surface area contributed by atoms with E-state index in [1.165, 1.54) is 29.5 Å². The highest BCUT2D eigenvalue weighted by molar-refractivity contribution is 9.11. The Balaban J connectivity index is 2.30. The number of anilines is 1. The highest BCUT2D eigenvalue weighted by Gasteiger charge is 2.18. The quantitative estimate of drug-likeness (QED) is 0.910. The summed E-state index contributed by atoms with van der Waals surface area (Å²) in [7, 11) is 0. The van der Waals surface area contributed by atoms with E-state index in [1.54, 1.807) is 6.07 Å². The van der Waals surface area contributed by atoms with Crippen LogP contribution < -0.4 is 4.90 Å². The van der Waals surface area contributed by atoms with Crippen molar-refractivity contribution >= 4 is 39.0 Å². The summed E-state index contributed by atoms with van der Waals surface area (Å²) in [6.07, 6.45) is -1.18. The second-order valence-corrected chi connectivity index (χ2v) is 6.07. The van der Waals surface area contributed by atoms with Crippen molar-refractivity contribution in [3.8, 4) is 0 Å². The summed E-state index contributed by atoms with van der Waals surface area (Å²) >= 11 is 4.73. The number of hydrogen-bond acceptors (Lipinski definition) is 2. The maximum Gasteiger partial charge on any atom is 0.412 e. The van der Waals surface area contributed by atoms with E-state index in [0.717, 1.165) is 13.6 Å². The Morgan fingerprint density at radius 1 is 1.33 bits per heavy atom. The van der Waals surface area contributed by atoms with Gasteiger partial charge in [0.05, 0.1) is 16.0 Å². The SMILES string of the molecule is O=C(O)N(Cc1ccc(Br)s1)c1ccccc1F. The molecule has 1 amide bonds. The molecule has 0 saturated carbocycles. The molecule has 0 bridgehead atoms. The molecule has 2 rings (SSSR count). The van der Waals surface area contributed by atoms with Gasteiger partial charge in [-0.3, -0.25) is 4.90 Å². The minimum atomic E-state index is -1.18. The Morgan fingerprint density at radius 3 is 2.61 bits per heavy atom. The molecule has 3 nitrogen and oxygen atoms in total. The number of carboxylic acid groups (broad SMARTS) is 1. The summed E-state index contributed by atoms with van der Waals surface area (Å²) < 4.78 is 14.5. The van der Waals surface area contributed by atoms with Gasteiger partial charge in [0.25, 0.3) is 0 Å². The summed E-state index contributed by atoms with van der Waals surface area (Å²) in [4.78, 5) is 13.0. The molecule has 0 atom stereocenters. The van der Waals surface area contributed by atoms with Crippen molar-refractivity contribution in [3.63, 3.8) is 0 Å². The predicted octanol–water partition coefficient (Wildman–Crippen LogP) is 4.33. The van der Waals surface area contributed by atoms with Crippen molar-refractivity contribution in [1.29, 1.82) is 0 Å². The van der Waals surface area contributed by atoms with Crippen LogP contribution in [0.1, 0.15) is 4.88 Å². The van der Waals surface area contributed by atoms with E-state index in [9.17, 15) is 14.3 Å². The largest absolute Gasteiger partial charge is 0.465 e. The van der Waals surface area contributed by atoms with Crippen molar-refractivity contribution in [2.24, 2.45) is 0 Å². The topological polar surface area (TPSA) is 40.5 Å². The molecule has 0 unspecified atom stereocenters. The van der Waals surface area contributed by atoms with Gasteiger partial charge in [-0.1, -0.05) is 12.1 Å². The first-order valence-electron chi connectivity index (χ1n) is 5.07. The first-order chi connectivity index (χ1) is 8.58. The third kappa shape index (κ3) is 2.88. The molecule has 1 aromatic carbocycles. The van der Waals surface area contributed by atoms with Gasteiger partial charge in [0.2, 0.25) is 0 Å². The molecule has 0 aliphatic rings. The Morgan fingerprint density at radius 2 is 2.06 bits per heavy atom. The van der Waals surface area contributed by atoms with Crippen LogP contribution in [-0.4, -0.2) is 11.2 Å². The van der Waals surface area contributed by atoms with Gasteiger partial charge >= 0.3 is 6.09 Å². The van der Waals surface area contributed by atoms with Crippen LogP contribution in [0.3, 0.4) is 0 Å². The Labute approximate surface area is 116 Å². The molecule has 1 aromatic heterocycles. The molecule has 6 heteroatoms. The number of halogens is 2. The summed E-state index contributed by atoms with van der Waals surface area (Å²) in [6.45, 7) is 0.131. The lowest BCUT2D eigenvalue weighted by molar-refractivity contribution is 0.201. The maximum absolute atomic E-state index is 13.6. The summed E-state index contributed by atoms with van der Waals surface area (Å²) in [6, 6.07) is 9.48. The minimum absolute atomic E-state index is 0.0644. The Kier molecular flexibility index (Phi) is 3.98. The predicted molar refractivity (Wildman–Crippen MR) is 72.6 cm³/mol. The molecule has 0 fully saturated rings. The van der Waals surface area contributed by atoms with Gasteiger partial charge in [-0.2, -0.15) is 0 Å². The zero-order valence-corrected chi connectivity index (χ0v) is 11.5. The number of carbonyl (C=O) groups is 1. The zero-order valence-electron chi connectivity index (χ0n) is 9.14. The lowest BCUT2D eigenvalue weighted by Gasteiger charge is -2.18. The van der Waals surface area contributed by atoms with Crippen LogP contribution in [-0.2, 0) is 6.54 Å². The first kappa shape index (κ1) is 13.0. The molecular weight excluding hydrogens is 321 g/mol. The number of para-hydroxylation sites is 1. The van der Waals surface area contributed by atoms with Gasteiger partial charge in [-0.15, -0.1) is 11.3 Å². The highest BCUT2D eigenvalue weighted by atomic mass is 79.9. The van der Waals surface area contributed by atoms with Gasteiger partial charge in [0, 0.05) is 4.88 Å². The molecule has 1 heterocycles. The second-order valence-electron chi connectivity index (χ2n) is 3.53. The molecule has 1 N–H and O–H groups in total. The van der Waals surface area contributed by atoms with E-state index in [2.05, 4.69) is 15.9 Å². The van der Waals surface area contributed by atoms with Crippen LogP contribution in [0.25, 0.3) is 0 Å². The van der Waals surface area contributed by atoms with E-state index in [4.69, 9.17) is 0 Å². The number of amides is 1. The van der Waals surface area contributed by atoms with Gasteiger partial charge in [0.15, 0.2) is 0 Å². The average molecular weight is 330 g/mol. The van der Waals surface area contributed by atoms with Crippen molar-refractivity contribution < 1.29 is 14.3 Å². The van der Waals surface area contributed by atoms with Crippen LogP contribution in [0, 0.1) is 5.82 Å². The third-order valence-corrected chi connectivity index (χ3v) is 3.93. The van der Waals surface area contributed by atoms with Gasteiger partial charge in [0.1, 0.15) is 5.82 Å². The van der Waals surface area contributed by atoms with Crippen molar-refractivity contribution in [1.82, 2.24) is 0 Å². The highest BCUT2D eigenvalue weighted by Crippen LogP contribution is 2.26. The second kappa shape index (κ2) is 5.49. The molecule has 0 radical (unpaired) electrons. The Bertz CT molecular complexity index is 573. The van der Waals surface area contributed by atoms with Crippen LogP contribution in [0.15, 0.2) is 40.2 Å². The molecule has 2 aromatic rings. The smallest absolute Gasteiger partial charge is 0.412 e. The fraction of sp³-hybridized carbons (Fsp3) is 0.0833. The molecule has 0 aliphatic carbocycles. The van der Waals surface area contributed by atoms with Gasteiger partial charge in [-0.25, -0.2) is 9.18 Å². The molecule has 94 valence electrons. The minimum Gasteiger partial charge on any atom is -0.465 e. The zero-order chi connectivity index (χ0) is 13.1. The van der Waals surface area contributed by atoms with E-state index >= 15 is 0 Å². The van der Waals surface area contributed by atoms with Gasteiger partial charge in [-0.05, 0) is 40.2 Å². The fourth-order valence-electron chi connectivity index (χ4n) is 1.52. The van der Waals surface area contributed by atoms with Crippen LogP contribution in [0.4, 0.5) is 14.9 Å². The Hall–Kier alpha value is -1.40. The van der Waals surface area contributed by atoms with Crippen molar-refractivity contribution in [2.75, 3.05) is 4.90 Å². The maximum atomic E-state index is 13.6. The van der Waals surface area contributed by atoms with Crippen molar-refractivity contribution in [3.05, 3.63) is 50.9 Å². The molecule has 0 spiro atoms. The van der Waals surface area contributed by atoms with Crippen LogP contribution >= 0.6 is 27.3 Å². The standard InChI is InChI=1S/C12H9BrFNO2S/c13-11-6-5-8(18-11)7-15(12(16)17)10-4-2-1-3-9(10)14/h1-6H,7H2,(H,16,17).